The summed E-state index contributed by atoms with van der Waals surface area (Å²) in [6.45, 7) is 5.97. The van der Waals surface area contributed by atoms with Gasteiger partial charge < -0.3 is 4.90 Å². The molecule has 0 spiro atoms. The molecular weight excluding hydrogens is 296 g/mol. The van der Waals surface area contributed by atoms with Crippen molar-refractivity contribution >= 4 is 16.7 Å². The fraction of sp³-hybridized carbons (Fsp3) is 0.476. The van der Waals surface area contributed by atoms with E-state index in [2.05, 4.69) is 59.2 Å². The predicted octanol–water partition coefficient (Wildman–Crippen LogP) is 3.67. The van der Waals surface area contributed by atoms with Gasteiger partial charge in [-0.2, -0.15) is 0 Å². The van der Waals surface area contributed by atoms with Crippen LogP contribution >= 0.6 is 0 Å². The number of benzene rings is 2. The maximum Gasteiger partial charge on any atom is 0.227 e. The molecule has 0 unspecified atom stereocenters. The van der Waals surface area contributed by atoms with E-state index in [-0.39, 0.29) is 5.92 Å². The van der Waals surface area contributed by atoms with Gasteiger partial charge >= 0.3 is 0 Å². The lowest BCUT2D eigenvalue weighted by atomic mass is 9.94. The Morgan fingerprint density at radius 3 is 2.75 bits per heavy atom. The van der Waals surface area contributed by atoms with E-state index in [1.54, 1.807) is 0 Å². The topological polar surface area (TPSA) is 23.6 Å². The van der Waals surface area contributed by atoms with E-state index in [1.807, 2.05) is 0 Å². The lowest BCUT2D eigenvalue weighted by Gasteiger charge is -2.35. The zero-order valence-corrected chi connectivity index (χ0v) is 14.4. The molecule has 1 amide bonds. The summed E-state index contributed by atoms with van der Waals surface area (Å²) in [4.78, 5) is 17.4. The molecule has 3 saturated heterocycles. The third-order valence-corrected chi connectivity index (χ3v) is 5.61. The smallest absolute Gasteiger partial charge is 0.227 e. The van der Waals surface area contributed by atoms with Crippen molar-refractivity contribution in [2.75, 3.05) is 19.6 Å². The van der Waals surface area contributed by atoms with E-state index in [0.717, 1.165) is 39.0 Å². The van der Waals surface area contributed by atoms with E-state index < -0.39 is 0 Å². The lowest BCUT2D eigenvalue weighted by molar-refractivity contribution is -0.139. The van der Waals surface area contributed by atoms with Gasteiger partial charge in [-0.3, -0.25) is 9.69 Å². The molecule has 0 N–H and O–H groups in total. The second-order valence-corrected chi connectivity index (χ2v) is 7.29. The van der Waals surface area contributed by atoms with Crippen molar-refractivity contribution in [3.8, 4) is 0 Å². The lowest BCUT2D eigenvalue weighted by Crippen LogP contribution is -2.48. The Hall–Kier alpha value is -1.87. The van der Waals surface area contributed by atoms with Crippen molar-refractivity contribution in [1.82, 2.24) is 9.80 Å². The van der Waals surface area contributed by atoms with Crippen LogP contribution in [0, 0.1) is 5.92 Å². The quantitative estimate of drug-likeness (QED) is 0.857. The van der Waals surface area contributed by atoms with Gasteiger partial charge in [-0.05, 0) is 35.6 Å². The summed E-state index contributed by atoms with van der Waals surface area (Å²) < 4.78 is 0. The van der Waals surface area contributed by atoms with Crippen LogP contribution in [0.5, 0.6) is 0 Å². The Balaban J connectivity index is 1.58. The Kier molecular flexibility index (Phi) is 4.28. The van der Waals surface area contributed by atoms with E-state index in [4.69, 9.17) is 0 Å². The number of fused-ring (bicyclic) bond motifs is 5. The molecule has 3 heteroatoms. The average molecular weight is 322 g/mol. The molecule has 2 aromatic carbocycles. The Morgan fingerprint density at radius 2 is 1.88 bits per heavy atom. The third-order valence-electron chi connectivity index (χ3n) is 5.61. The molecule has 0 saturated carbocycles. The number of nitrogens with zero attached hydrogens (tertiary/aromatic N) is 2. The minimum Gasteiger partial charge on any atom is -0.338 e. The summed E-state index contributed by atoms with van der Waals surface area (Å²) in [5.74, 6) is 0.596. The first kappa shape index (κ1) is 15.6. The number of piperidine rings is 1. The van der Waals surface area contributed by atoms with Crippen LogP contribution in [0.2, 0.25) is 0 Å². The van der Waals surface area contributed by atoms with Crippen molar-refractivity contribution < 1.29 is 4.79 Å². The molecule has 0 aromatic heterocycles. The first-order chi connectivity index (χ1) is 11.8. The standard InChI is InChI=1S/C21H26N2O/c1-2-12-23-19-11-10-18(21(23)24)14-22(15-19)13-17-8-5-7-16-6-3-4-9-20(16)17/h3-9,18-19H,2,10-15H2,1H3/t18-,19+/m1/s1. The molecule has 3 fully saturated rings. The minimum absolute atomic E-state index is 0.199. The van der Waals surface area contributed by atoms with Gasteiger partial charge in [0.05, 0.1) is 5.92 Å². The average Bonchev–Trinajstić information content (AvgIpc) is 2.87. The summed E-state index contributed by atoms with van der Waals surface area (Å²) in [7, 11) is 0. The van der Waals surface area contributed by atoms with Gasteiger partial charge in [0, 0.05) is 32.2 Å². The van der Waals surface area contributed by atoms with Crippen LogP contribution in [0.25, 0.3) is 10.8 Å². The predicted molar refractivity (Wildman–Crippen MR) is 97.7 cm³/mol. The highest BCUT2D eigenvalue weighted by Crippen LogP contribution is 2.30. The monoisotopic (exact) mass is 322 g/mol. The molecule has 0 radical (unpaired) electrons. The van der Waals surface area contributed by atoms with E-state index in [9.17, 15) is 4.79 Å². The molecule has 2 bridgehead atoms. The SMILES string of the molecule is CCCN1C(=O)[C@@H]2CC[C@H]1CN(Cc1cccc3ccccc13)C2. The fourth-order valence-corrected chi connectivity index (χ4v) is 4.46. The van der Waals surface area contributed by atoms with Crippen molar-refractivity contribution in [2.24, 2.45) is 5.92 Å². The molecule has 3 nitrogen and oxygen atoms in total. The van der Waals surface area contributed by atoms with Gasteiger partial charge in [-0.1, -0.05) is 49.4 Å². The molecule has 3 heterocycles. The summed E-state index contributed by atoms with van der Waals surface area (Å²) in [5, 5.41) is 2.64. The van der Waals surface area contributed by atoms with Crippen LogP contribution < -0.4 is 0 Å². The summed E-state index contributed by atoms with van der Waals surface area (Å²) >= 11 is 0. The van der Waals surface area contributed by atoms with Crippen LogP contribution in [-0.2, 0) is 11.3 Å². The summed E-state index contributed by atoms with van der Waals surface area (Å²) in [5.41, 5.74) is 1.38. The maximum absolute atomic E-state index is 12.7. The van der Waals surface area contributed by atoms with Crippen LogP contribution in [-0.4, -0.2) is 41.4 Å². The first-order valence-electron chi connectivity index (χ1n) is 9.25. The largest absolute Gasteiger partial charge is 0.338 e. The van der Waals surface area contributed by atoms with Gasteiger partial charge in [0.1, 0.15) is 0 Å². The number of carbonyl (C=O) groups excluding carboxylic acids is 1. The van der Waals surface area contributed by atoms with Crippen LogP contribution in [0.3, 0.4) is 0 Å². The second-order valence-electron chi connectivity index (χ2n) is 7.29. The molecule has 3 aliphatic rings. The number of rotatable bonds is 4. The van der Waals surface area contributed by atoms with Gasteiger partial charge in [-0.15, -0.1) is 0 Å². The highest BCUT2D eigenvalue weighted by Gasteiger charge is 2.39. The minimum atomic E-state index is 0.199. The van der Waals surface area contributed by atoms with Crippen molar-refractivity contribution in [2.45, 2.75) is 38.8 Å². The molecule has 3 aliphatic heterocycles. The highest BCUT2D eigenvalue weighted by molar-refractivity contribution is 5.85. The number of amides is 1. The third kappa shape index (κ3) is 2.82. The Bertz CT molecular complexity index is 736. The number of hydrogen-bond acceptors (Lipinski definition) is 2. The zero-order chi connectivity index (χ0) is 16.5. The molecule has 0 aliphatic carbocycles. The molecular formula is C21H26N2O. The van der Waals surface area contributed by atoms with E-state index in [0.29, 0.717) is 11.9 Å². The van der Waals surface area contributed by atoms with Crippen LogP contribution in [0.15, 0.2) is 42.5 Å². The Morgan fingerprint density at radius 1 is 1.04 bits per heavy atom. The highest BCUT2D eigenvalue weighted by atomic mass is 16.2. The zero-order valence-electron chi connectivity index (χ0n) is 14.4. The van der Waals surface area contributed by atoms with Crippen LogP contribution in [0.1, 0.15) is 31.7 Å². The fourth-order valence-electron chi connectivity index (χ4n) is 4.46. The molecule has 5 rings (SSSR count). The van der Waals surface area contributed by atoms with E-state index in [1.165, 1.54) is 22.8 Å². The molecule has 2 aromatic rings. The first-order valence-corrected chi connectivity index (χ1v) is 9.25. The van der Waals surface area contributed by atoms with Gasteiger partial charge in [0.15, 0.2) is 0 Å². The normalized spacial score (nSPS) is 24.5. The summed E-state index contributed by atoms with van der Waals surface area (Å²) in [6, 6.07) is 15.6. The van der Waals surface area contributed by atoms with Gasteiger partial charge in [0.25, 0.3) is 0 Å². The summed E-state index contributed by atoms with van der Waals surface area (Å²) in [6.07, 6.45) is 3.29. The van der Waals surface area contributed by atoms with Crippen molar-refractivity contribution in [3.63, 3.8) is 0 Å². The Labute approximate surface area is 144 Å². The second kappa shape index (κ2) is 6.56. The van der Waals surface area contributed by atoms with Gasteiger partial charge in [-0.25, -0.2) is 0 Å². The molecule has 126 valence electrons. The van der Waals surface area contributed by atoms with Crippen LogP contribution in [0.4, 0.5) is 0 Å². The van der Waals surface area contributed by atoms with Gasteiger partial charge in [0.2, 0.25) is 5.91 Å². The molecule has 24 heavy (non-hydrogen) atoms. The van der Waals surface area contributed by atoms with Crippen molar-refractivity contribution in [3.05, 3.63) is 48.0 Å². The number of hydrogen-bond donors (Lipinski definition) is 0. The maximum atomic E-state index is 12.7. The molecule has 2 atom stereocenters. The van der Waals surface area contributed by atoms with Crippen molar-refractivity contribution in [1.29, 1.82) is 0 Å². The number of carbonyl (C=O) groups is 1. The van der Waals surface area contributed by atoms with E-state index >= 15 is 0 Å².